The molecule has 0 bridgehead atoms. The van der Waals surface area contributed by atoms with Gasteiger partial charge in [0.2, 0.25) is 0 Å². The number of nitrogens with zero attached hydrogens (tertiary/aromatic N) is 1. The normalized spacial score (nSPS) is 14.0. The topological polar surface area (TPSA) is 23.5 Å². The standard InChI is InChI=1S/C15H25NO/c1-5-16(12-15(3,4)13(2)17)11-14-9-7-6-8-10-14/h6-10,13,17H,5,11-12H2,1-4H3. The molecule has 1 unspecified atom stereocenters. The van der Waals surface area contributed by atoms with Gasteiger partial charge in [-0.15, -0.1) is 0 Å². The van der Waals surface area contributed by atoms with Gasteiger partial charge in [0.1, 0.15) is 0 Å². The minimum Gasteiger partial charge on any atom is -0.393 e. The Labute approximate surface area is 105 Å². The lowest BCUT2D eigenvalue weighted by Crippen LogP contribution is -2.40. The van der Waals surface area contributed by atoms with Crippen LogP contribution in [-0.4, -0.2) is 29.2 Å². The highest BCUT2D eigenvalue weighted by atomic mass is 16.3. The van der Waals surface area contributed by atoms with Gasteiger partial charge in [-0.3, -0.25) is 4.90 Å². The number of hydrogen-bond acceptors (Lipinski definition) is 2. The Balaban J connectivity index is 2.61. The lowest BCUT2D eigenvalue weighted by atomic mass is 9.87. The molecule has 0 saturated carbocycles. The summed E-state index contributed by atoms with van der Waals surface area (Å²) in [7, 11) is 0. The summed E-state index contributed by atoms with van der Waals surface area (Å²) < 4.78 is 0. The first-order valence-corrected chi connectivity index (χ1v) is 6.40. The number of aliphatic hydroxyl groups excluding tert-OH is 1. The van der Waals surface area contributed by atoms with Gasteiger partial charge >= 0.3 is 0 Å². The zero-order valence-corrected chi connectivity index (χ0v) is 11.5. The molecule has 2 heteroatoms. The van der Waals surface area contributed by atoms with Crippen LogP contribution in [0.5, 0.6) is 0 Å². The summed E-state index contributed by atoms with van der Waals surface area (Å²) in [4.78, 5) is 2.38. The molecule has 0 aromatic heterocycles. The fourth-order valence-corrected chi connectivity index (χ4v) is 1.83. The van der Waals surface area contributed by atoms with Gasteiger partial charge in [0, 0.05) is 18.5 Å². The average Bonchev–Trinajstić information content (AvgIpc) is 2.29. The highest BCUT2D eigenvalue weighted by molar-refractivity contribution is 5.14. The molecule has 0 aliphatic carbocycles. The molecule has 0 fully saturated rings. The van der Waals surface area contributed by atoms with Gasteiger partial charge in [-0.05, 0) is 19.0 Å². The van der Waals surface area contributed by atoms with E-state index < -0.39 is 0 Å². The molecule has 0 heterocycles. The van der Waals surface area contributed by atoms with E-state index in [4.69, 9.17) is 0 Å². The van der Waals surface area contributed by atoms with Gasteiger partial charge in [-0.1, -0.05) is 51.1 Å². The van der Waals surface area contributed by atoms with Crippen molar-refractivity contribution in [2.75, 3.05) is 13.1 Å². The van der Waals surface area contributed by atoms with Crippen molar-refractivity contribution in [3.8, 4) is 0 Å². The summed E-state index contributed by atoms with van der Waals surface area (Å²) in [5.41, 5.74) is 1.26. The van der Waals surface area contributed by atoms with Crippen molar-refractivity contribution < 1.29 is 5.11 Å². The Morgan fingerprint density at radius 1 is 1.24 bits per heavy atom. The van der Waals surface area contributed by atoms with Crippen LogP contribution in [-0.2, 0) is 6.54 Å². The van der Waals surface area contributed by atoms with Gasteiger partial charge in [0.15, 0.2) is 0 Å². The van der Waals surface area contributed by atoms with Crippen LogP contribution in [0.4, 0.5) is 0 Å². The van der Waals surface area contributed by atoms with E-state index in [9.17, 15) is 5.11 Å². The highest BCUT2D eigenvalue weighted by Crippen LogP contribution is 2.22. The molecule has 0 radical (unpaired) electrons. The molecule has 0 amide bonds. The Kier molecular flexibility index (Phi) is 5.16. The zero-order chi connectivity index (χ0) is 12.9. The molecule has 1 aromatic rings. The summed E-state index contributed by atoms with van der Waals surface area (Å²) in [6.07, 6.45) is -0.285. The quantitative estimate of drug-likeness (QED) is 0.819. The fraction of sp³-hybridized carbons (Fsp3) is 0.600. The molecular formula is C15H25NO. The van der Waals surface area contributed by atoms with E-state index >= 15 is 0 Å². The van der Waals surface area contributed by atoms with Crippen molar-refractivity contribution in [3.05, 3.63) is 35.9 Å². The largest absolute Gasteiger partial charge is 0.393 e. The monoisotopic (exact) mass is 235 g/mol. The van der Waals surface area contributed by atoms with E-state index in [1.54, 1.807) is 0 Å². The van der Waals surface area contributed by atoms with Gasteiger partial charge in [0.25, 0.3) is 0 Å². The Morgan fingerprint density at radius 2 is 1.82 bits per heavy atom. The molecule has 1 atom stereocenters. The van der Waals surface area contributed by atoms with Crippen molar-refractivity contribution in [2.24, 2.45) is 5.41 Å². The van der Waals surface area contributed by atoms with Crippen LogP contribution >= 0.6 is 0 Å². The van der Waals surface area contributed by atoms with Crippen molar-refractivity contribution >= 4 is 0 Å². The molecule has 0 spiro atoms. The first kappa shape index (κ1) is 14.2. The Morgan fingerprint density at radius 3 is 2.29 bits per heavy atom. The van der Waals surface area contributed by atoms with E-state index in [1.807, 2.05) is 13.0 Å². The van der Waals surface area contributed by atoms with Crippen LogP contribution in [0.2, 0.25) is 0 Å². The van der Waals surface area contributed by atoms with E-state index in [2.05, 4.69) is 49.9 Å². The molecular weight excluding hydrogens is 210 g/mol. The van der Waals surface area contributed by atoms with Crippen molar-refractivity contribution in [2.45, 2.75) is 40.3 Å². The van der Waals surface area contributed by atoms with E-state index in [-0.39, 0.29) is 11.5 Å². The summed E-state index contributed by atoms with van der Waals surface area (Å²) in [5, 5.41) is 9.76. The van der Waals surface area contributed by atoms with Crippen molar-refractivity contribution in [1.82, 2.24) is 4.90 Å². The summed E-state index contributed by atoms with van der Waals surface area (Å²) in [5.74, 6) is 0. The van der Waals surface area contributed by atoms with Crippen LogP contribution in [0, 0.1) is 5.41 Å². The molecule has 0 aliphatic rings. The molecule has 96 valence electrons. The number of hydrogen-bond donors (Lipinski definition) is 1. The molecule has 1 rings (SSSR count). The molecule has 17 heavy (non-hydrogen) atoms. The highest BCUT2D eigenvalue weighted by Gasteiger charge is 2.26. The second-order valence-corrected chi connectivity index (χ2v) is 5.45. The van der Waals surface area contributed by atoms with Crippen LogP contribution in [0.1, 0.15) is 33.3 Å². The minimum absolute atomic E-state index is 0.0647. The second kappa shape index (κ2) is 6.18. The lowest BCUT2D eigenvalue weighted by Gasteiger charge is -2.34. The Hall–Kier alpha value is -0.860. The number of rotatable bonds is 6. The fourth-order valence-electron chi connectivity index (χ4n) is 1.83. The van der Waals surface area contributed by atoms with Gasteiger partial charge in [-0.2, -0.15) is 0 Å². The molecule has 0 aliphatic heterocycles. The SMILES string of the molecule is CCN(Cc1ccccc1)CC(C)(C)C(C)O. The third-order valence-corrected chi connectivity index (χ3v) is 3.46. The first-order chi connectivity index (χ1) is 7.95. The van der Waals surface area contributed by atoms with Gasteiger partial charge < -0.3 is 5.11 Å². The van der Waals surface area contributed by atoms with E-state index in [0.717, 1.165) is 19.6 Å². The smallest absolute Gasteiger partial charge is 0.0575 e. The number of benzene rings is 1. The molecule has 1 aromatic carbocycles. The van der Waals surface area contributed by atoms with Gasteiger partial charge in [-0.25, -0.2) is 0 Å². The van der Waals surface area contributed by atoms with E-state index in [0.29, 0.717) is 0 Å². The third-order valence-electron chi connectivity index (χ3n) is 3.46. The second-order valence-electron chi connectivity index (χ2n) is 5.45. The molecule has 1 N–H and O–H groups in total. The minimum atomic E-state index is -0.285. The first-order valence-electron chi connectivity index (χ1n) is 6.40. The van der Waals surface area contributed by atoms with E-state index in [1.165, 1.54) is 5.56 Å². The molecule has 2 nitrogen and oxygen atoms in total. The summed E-state index contributed by atoms with van der Waals surface area (Å²) >= 11 is 0. The van der Waals surface area contributed by atoms with Crippen LogP contribution in [0.3, 0.4) is 0 Å². The summed E-state index contributed by atoms with van der Waals surface area (Å²) in [6.45, 7) is 11.1. The van der Waals surface area contributed by atoms with Crippen molar-refractivity contribution in [1.29, 1.82) is 0 Å². The maximum atomic E-state index is 9.76. The lowest BCUT2D eigenvalue weighted by molar-refractivity contribution is 0.0337. The maximum Gasteiger partial charge on any atom is 0.0575 e. The summed E-state index contributed by atoms with van der Waals surface area (Å²) in [6, 6.07) is 10.5. The van der Waals surface area contributed by atoms with Crippen LogP contribution in [0.15, 0.2) is 30.3 Å². The number of aliphatic hydroxyl groups is 1. The Bertz CT molecular complexity index is 319. The third kappa shape index (κ3) is 4.49. The van der Waals surface area contributed by atoms with Crippen LogP contribution < -0.4 is 0 Å². The predicted octanol–water partition coefficient (Wildman–Crippen LogP) is 2.92. The van der Waals surface area contributed by atoms with Crippen LogP contribution in [0.25, 0.3) is 0 Å². The zero-order valence-electron chi connectivity index (χ0n) is 11.5. The maximum absolute atomic E-state index is 9.76. The predicted molar refractivity (Wildman–Crippen MR) is 72.9 cm³/mol. The average molecular weight is 235 g/mol. The molecule has 0 saturated heterocycles. The van der Waals surface area contributed by atoms with Crippen molar-refractivity contribution in [3.63, 3.8) is 0 Å². The van der Waals surface area contributed by atoms with Gasteiger partial charge in [0.05, 0.1) is 6.10 Å².